The topological polar surface area (TPSA) is 125 Å². The largest absolute Gasteiger partial charge is 0.467 e. The van der Waals surface area contributed by atoms with Crippen LogP contribution >= 0.6 is 0 Å². The fourth-order valence-electron chi connectivity index (χ4n) is 3.39. The molecular weight excluding hydrogens is 396 g/mol. The van der Waals surface area contributed by atoms with Gasteiger partial charge in [0.2, 0.25) is 5.91 Å². The minimum Gasteiger partial charge on any atom is -0.467 e. The second-order valence-corrected chi connectivity index (χ2v) is 6.74. The molecule has 0 atom stereocenters. The van der Waals surface area contributed by atoms with Crippen LogP contribution in [-0.2, 0) is 38.7 Å². The van der Waals surface area contributed by atoms with E-state index in [0.717, 1.165) is 4.90 Å². The highest BCUT2D eigenvalue weighted by atomic mass is 16.7. The molecular formula is C20H16N2O8. The number of amides is 2. The number of carbonyl (C=O) groups excluding carboxylic acids is 3. The molecule has 2 aliphatic rings. The molecule has 30 heavy (non-hydrogen) atoms. The van der Waals surface area contributed by atoms with Gasteiger partial charge in [0.1, 0.15) is 18.9 Å². The summed E-state index contributed by atoms with van der Waals surface area (Å²) >= 11 is 0. The molecule has 2 amide bonds. The van der Waals surface area contributed by atoms with Crippen molar-refractivity contribution in [3.63, 3.8) is 0 Å². The van der Waals surface area contributed by atoms with Crippen LogP contribution in [0, 0.1) is 10.1 Å². The van der Waals surface area contributed by atoms with E-state index in [9.17, 15) is 24.5 Å². The Morgan fingerprint density at radius 3 is 2.80 bits per heavy atom. The van der Waals surface area contributed by atoms with Gasteiger partial charge in [-0.25, -0.2) is 0 Å². The molecule has 0 unspecified atom stereocenters. The first-order valence-electron chi connectivity index (χ1n) is 9.03. The molecule has 2 aromatic carbocycles. The molecule has 10 nitrogen and oxygen atoms in total. The molecule has 0 aliphatic carbocycles. The molecule has 10 heteroatoms. The van der Waals surface area contributed by atoms with Crippen molar-refractivity contribution in [2.75, 3.05) is 13.3 Å². The van der Waals surface area contributed by atoms with Crippen LogP contribution in [-0.4, -0.2) is 40.9 Å². The summed E-state index contributed by atoms with van der Waals surface area (Å²) in [5.74, 6) is -1.52. The zero-order chi connectivity index (χ0) is 21.3. The van der Waals surface area contributed by atoms with E-state index in [-0.39, 0.29) is 32.1 Å². The first kappa shape index (κ1) is 19.5. The van der Waals surface area contributed by atoms with Crippen LogP contribution in [0.25, 0.3) is 0 Å². The first-order valence-corrected chi connectivity index (χ1v) is 9.03. The Kier molecular flexibility index (Phi) is 5.15. The van der Waals surface area contributed by atoms with Crippen molar-refractivity contribution in [2.45, 2.75) is 19.6 Å². The Balaban J connectivity index is 1.47. The molecule has 0 fully saturated rings. The molecule has 4 rings (SSSR count). The minimum absolute atomic E-state index is 0.0153. The summed E-state index contributed by atoms with van der Waals surface area (Å²) in [7, 11) is 0. The van der Waals surface area contributed by atoms with Crippen LogP contribution < -0.4 is 4.74 Å². The lowest BCUT2D eigenvalue weighted by Crippen LogP contribution is -2.45. The smallest absolute Gasteiger partial charge is 0.326 e. The Morgan fingerprint density at radius 2 is 2.00 bits per heavy atom. The molecule has 0 bridgehead atoms. The highest BCUT2D eigenvalue weighted by Gasteiger charge is 2.32. The molecule has 0 saturated heterocycles. The molecule has 2 aliphatic heterocycles. The van der Waals surface area contributed by atoms with Gasteiger partial charge in [0, 0.05) is 28.8 Å². The molecule has 2 heterocycles. The van der Waals surface area contributed by atoms with Crippen LogP contribution in [0.5, 0.6) is 5.75 Å². The summed E-state index contributed by atoms with van der Waals surface area (Å²) in [4.78, 5) is 48.5. The van der Waals surface area contributed by atoms with E-state index in [1.165, 1.54) is 12.1 Å². The Hall–Kier alpha value is -3.79. The van der Waals surface area contributed by atoms with Crippen molar-refractivity contribution in [3.8, 4) is 5.75 Å². The average Bonchev–Trinajstić information content (AvgIpc) is 2.74. The third kappa shape index (κ3) is 3.72. The summed E-state index contributed by atoms with van der Waals surface area (Å²) in [6.07, 6.45) is 0.0153. The van der Waals surface area contributed by atoms with Crippen LogP contribution in [0.15, 0.2) is 36.4 Å². The van der Waals surface area contributed by atoms with Crippen LogP contribution in [0.3, 0.4) is 0 Å². The van der Waals surface area contributed by atoms with Crippen molar-refractivity contribution in [3.05, 3.63) is 68.8 Å². The summed E-state index contributed by atoms with van der Waals surface area (Å²) in [6, 6.07) is 9.29. The van der Waals surface area contributed by atoms with E-state index < -0.39 is 29.3 Å². The molecule has 0 spiro atoms. The molecule has 2 aromatic rings. The fourth-order valence-corrected chi connectivity index (χ4v) is 3.39. The lowest BCUT2D eigenvalue weighted by molar-refractivity contribution is -0.385. The summed E-state index contributed by atoms with van der Waals surface area (Å²) in [5.41, 5.74) is 1.56. The highest BCUT2D eigenvalue weighted by Crippen LogP contribution is 2.33. The van der Waals surface area contributed by atoms with Gasteiger partial charge in [-0.15, -0.1) is 0 Å². The van der Waals surface area contributed by atoms with E-state index >= 15 is 0 Å². The van der Waals surface area contributed by atoms with Crippen molar-refractivity contribution in [1.82, 2.24) is 4.90 Å². The number of nitro groups is 1. The number of benzene rings is 2. The molecule has 0 aromatic heterocycles. The van der Waals surface area contributed by atoms with E-state index in [0.29, 0.717) is 28.0 Å². The van der Waals surface area contributed by atoms with Gasteiger partial charge in [0.25, 0.3) is 11.6 Å². The number of nitro benzene ring substituents is 1. The van der Waals surface area contributed by atoms with E-state index in [4.69, 9.17) is 14.2 Å². The number of hydrogen-bond donors (Lipinski definition) is 0. The maximum atomic E-state index is 12.5. The van der Waals surface area contributed by atoms with Gasteiger partial charge in [-0.1, -0.05) is 18.2 Å². The number of esters is 1. The van der Waals surface area contributed by atoms with Gasteiger partial charge in [-0.3, -0.25) is 29.4 Å². The van der Waals surface area contributed by atoms with Crippen LogP contribution in [0.4, 0.5) is 5.69 Å². The molecule has 0 N–H and O–H groups in total. The average molecular weight is 412 g/mol. The number of non-ortho nitro benzene ring substituents is 1. The van der Waals surface area contributed by atoms with Crippen molar-refractivity contribution in [2.24, 2.45) is 0 Å². The zero-order valence-electron chi connectivity index (χ0n) is 15.7. The van der Waals surface area contributed by atoms with Gasteiger partial charge in [-0.2, -0.15) is 0 Å². The van der Waals surface area contributed by atoms with Crippen molar-refractivity contribution < 1.29 is 33.5 Å². The van der Waals surface area contributed by atoms with Crippen LogP contribution in [0.1, 0.15) is 27.0 Å². The SMILES string of the molecule is O=C(CN1C(=O)Cc2ccccc2C1=O)OCc1cc([N+](=O)[O-])cc2c1OCOC2. The second-order valence-electron chi connectivity index (χ2n) is 6.74. The summed E-state index contributed by atoms with van der Waals surface area (Å²) in [5, 5.41) is 11.1. The third-order valence-corrected chi connectivity index (χ3v) is 4.79. The quantitative estimate of drug-likeness (QED) is 0.315. The van der Waals surface area contributed by atoms with Gasteiger partial charge in [-0.05, 0) is 11.6 Å². The van der Waals surface area contributed by atoms with E-state index in [1.54, 1.807) is 24.3 Å². The minimum atomic E-state index is -0.816. The lowest BCUT2D eigenvalue weighted by atomic mass is 9.98. The second kappa shape index (κ2) is 7.91. The van der Waals surface area contributed by atoms with Gasteiger partial charge in [0.05, 0.1) is 18.0 Å². The monoisotopic (exact) mass is 412 g/mol. The number of hydrogen-bond acceptors (Lipinski definition) is 8. The Labute approximate surface area is 170 Å². The molecule has 0 radical (unpaired) electrons. The third-order valence-electron chi connectivity index (χ3n) is 4.79. The van der Waals surface area contributed by atoms with E-state index in [1.807, 2.05) is 0 Å². The number of rotatable bonds is 5. The highest BCUT2D eigenvalue weighted by molar-refractivity contribution is 6.11. The number of carbonyl (C=O) groups is 3. The number of ether oxygens (including phenoxy) is 3. The van der Waals surface area contributed by atoms with E-state index in [2.05, 4.69) is 0 Å². The fraction of sp³-hybridized carbons (Fsp3) is 0.250. The van der Waals surface area contributed by atoms with Gasteiger partial charge in [0.15, 0.2) is 6.79 Å². The Morgan fingerprint density at radius 1 is 1.20 bits per heavy atom. The molecule has 154 valence electrons. The lowest BCUT2D eigenvalue weighted by Gasteiger charge is -2.26. The summed E-state index contributed by atoms with van der Waals surface area (Å²) in [6.45, 7) is -0.751. The Bertz CT molecular complexity index is 1060. The van der Waals surface area contributed by atoms with Crippen molar-refractivity contribution >= 4 is 23.5 Å². The predicted molar refractivity (Wildman–Crippen MR) is 99.4 cm³/mol. The van der Waals surface area contributed by atoms with Gasteiger partial charge >= 0.3 is 5.97 Å². The first-order chi connectivity index (χ1) is 14.4. The normalized spacial score (nSPS) is 15.1. The van der Waals surface area contributed by atoms with Gasteiger partial charge < -0.3 is 14.2 Å². The maximum Gasteiger partial charge on any atom is 0.326 e. The molecule has 0 saturated carbocycles. The zero-order valence-corrected chi connectivity index (χ0v) is 15.7. The predicted octanol–water partition coefficient (Wildman–Crippen LogP) is 1.73. The number of nitrogens with zero attached hydrogens (tertiary/aromatic N) is 2. The van der Waals surface area contributed by atoms with Crippen molar-refractivity contribution in [1.29, 1.82) is 0 Å². The maximum absolute atomic E-state index is 12.5. The number of fused-ring (bicyclic) bond motifs is 2. The number of imide groups is 1. The van der Waals surface area contributed by atoms with Crippen LogP contribution in [0.2, 0.25) is 0 Å². The standard InChI is InChI=1S/C20H16N2O8/c23-17-7-12-3-1-2-4-16(12)20(25)21(17)8-18(24)29-10-14-6-15(22(26)27)5-13-9-28-11-30-19(13)14/h1-6H,7-11H2. The summed E-state index contributed by atoms with van der Waals surface area (Å²) < 4.78 is 15.7.